The third-order valence-electron chi connectivity index (χ3n) is 3.63. The molecule has 2 amide bonds. The molecule has 0 radical (unpaired) electrons. The molecule has 4 nitrogen and oxygen atoms in total. The van der Waals surface area contributed by atoms with E-state index in [-0.39, 0.29) is 11.8 Å². The van der Waals surface area contributed by atoms with Crippen LogP contribution in [-0.4, -0.2) is 18.4 Å². The molecule has 0 saturated carbocycles. The highest BCUT2D eigenvalue weighted by atomic mass is 16.2. The van der Waals surface area contributed by atoms with E-state index in [0.29, 0.717) is 23.4 Å². The van der Waals surface area contributed by atoms with E-state index in [9.17, 15) is 9.59 Å². The van der Waals surface area contributed by atoms with E-state index in [0.717, 1.165) is 18.4 Å². The van der Waals surface area contributed by atoms with Crippen molar-refractivity contribution in [3.8, 4) is 0 Å². The highest BCUT2D eigenvalue weighted by Crippen LogP contribution is 2.28. The number of aryl methyl sites for hydroxylation is 1. The monoisotopic (exact) mass is 280 g/mol. The first kappa shape index (κ1) is 13.5. The van der Waals surface area contributed by atoms with Crippen LogP contribution in [0.1, 0.15) is 32.7 Å². The standard InChI is InChI=1S/C17H16N2O2/c18-10-4-6-12-5-3-7-13(11-12)19-16(20)14-8-1-2-9-15(14)17(19)21/h1-3,5,7-9,11H,4,6,10,18H2. The fourth-order valence-corrected chi connectivity index (χ4v) is 2.58. The Balaban J connectivity index is 1.95. The van der Waals surface area contributed by atoms with Gasteiger partial charge in [0, 0.05) is 0 Å². The molecule has 0 atom stereocenters. The minimum absolute atomic E-state index is 0.258. The van der Waals surface area contributed by atoms with E-state index in [1.54, 1.807) is 30.3 Å². The van der Waals surface area contributed by atoms with Crippen LogP contribution in [0.15, 0.2) is 48.5 Å². The number of imide groups is 1. The van der Waals surface area contributed by atoms with E-state index in [1.807, 2.05) is 18.2 Å². The molecule has 1 aliphatic rings. The maximum atomic E-state index is 12.4. The number of fused-ring (bicyclic) bond motifs is 1. The molecule has 1 heterocycles. The van der Waals surface area contributed by atoms with Crippen molar-refractivity contribution in [3.63, 3.8) is 0 Å². The second-order valence-corrected chi connectivity index (χ2v) is 5.05. The number of nitrogens with two attached hydrogens (primary N) is 1. The maximum absolute atomic E-state index is 12.4. The van der Waals surface area contributed by atoms with E-state index in [1.165, 1.54) is 4.90 Å². The molecule has 0 spiro atoms. The molecule has 2 aromatic rings. The quantitative estimate of drug-likeness (QED) is 0.875. The van der Waals surface area contributed by atoms with Gasteiger partial charge in [-0.15, -0.1) is 0 Å². The number of hydrogen-bond acceptors (Lipinski definition) is 3. The van der Waals surface area contributed by atoms with Crippen LogP contribution >= 0.6 is 0 Å². The first-order chi connectivity index (χ1) is 10.2. The number of amides is 2. The second-order valence-electron chi connectivity index (χ2n) is 5.05. The Morgan fingerprint density at radius 3 is 2.19 bits per heavy atom. The van der Waals surface area contributed by atoms with Crippen molar-refractivity contribution in [2.45, 2.75) is 12.8 Å². The Kier molecular flexibility index (Phi) is 3.54. The van der Waals surface area contributed by atoms with Crippen LogP contribution in [0.25, 0.3) is 0 Å². The van der Waals surface area contributed by atoms with Gasteiger partial charge in [-0.05, 0) is 49.2 Å². The zero-order valence-corrected chi connectivity index (χ0v) is 11.6. The zero-order valence-electron chi connectivity index (χ0n) is 11.6. The Hall–Kier alpha value is -2.46. The van der Waals surface area contributed by atoms with E-state index in [2.05, 4.69) is 0 Å². The van der Waals surface area contributed by atoms with Gasteiger partial charge in [-0.1, -0.05) is 24.3 Å². The van der Waals surface area contributed by atoms with Crippen LogP contribution in [0.4, 0.5) is 5.69 Å². The van der Waals surface area contributed by atoms with Gasteiger partial charge in [-0.2, -0.15) is 0 Å². The van der Waals surface area contributed by atoms with Gasteiger partial charge in [0.15, 0.2) is 0 Å². The minimum atomic E-state index is -0.258. The third kappa shape index (κ3) is 2.34. The summed E-state index contributed by atoms with van der Waals surface area (Å²) in [7, 11) is 0. The lowest BCUT2D eigenvalue weighted by Gasteiger charge is -2.15. The summed E-state index contributed by atoms with van der Waals surface area (Å²) in [6, 6.07) is 14.4. The summed E-state index contributed by atoms with van der Waals surface area (Å²) in [5, 5.41) is 0. The largest absolute Gasteiger partial charge is 0.330 e. The minimum Gasteiger partial charge on any atom is -0.330 e. The summed E-state index contributed by atoms with van der Waals surface area (Å²) < 4.78 is 0. The average molecular weight is 280 g/mol. The van der Waals surface area contributed by atoms with Gasteiger partial charge in [0.2, 0.25) is 0 Å². The van der Waals surface area contributed by atoms with Crippen LogP contribution < -0.4 is 10.6 Å². The van der Waals surface area contributed by atoms with Gasteiger partial charge in [0.1, 0.15) is 0 Å². The molecule has 2 aromatic carbocycles. The molecule has 3 rings (SSSR count). The number of carbonyl (C=O) groups excluding carboxylic acids is 2. The Labute approximate surface area is 123 Å². The molecule has 0 fully saturated rings. The molecule has 0 saturated heterocycles. The lowest BCUT2D eigenvalue weighted by atomic mass is 10.1. The summed E-state index contributed by atoms with van der Waals surface area (Å²) in [5.41, 5.74) is 8.15. The Bertz CT molecular complexity index is 674. The molecular formula is C17H16N2O2. The van der Waals surface area contributed by atoms with Crippen molar-refractivity contribution in [1.29, 1.82) is 0 Å². The lowest BCUT2D eigenvalue weighted by molar-refractivity contribution is 0.0926. The highest BCUT2D eigenvalue weighted by Gasteiger charge is 2.36. The first-order valence-corrected chi connectivity index (χ1v) is 6.99. The summed E-state index contributed by atoms with van der Waals surface area (Å²) >= 11 is 0. The number of benzene rings is 2. The average Bonchev–Trinajstić information content (AvgIpc) is 2.78. The molecule has 21 heavy (non-hydrogen) atoms. The van der Waals surface area contributed by atoms with Crippen molar-refractivity contribution in [1.82, 2.24) is 0 Å². The SMILES string of the molecule is NCCCc1cccc(N2C(=O)c3ccccc3C2=O)c1. The van der Waals surface area contributed by atoms with Crippen LogP contribution in [0.5, 0.6) is 0 Å². The Morgan fingerprint density at radius 2 is 1.57 bits per heavy atom. The molecule has 106 valence electrons. The predicted octanol–water partition coefficient (Wildman–Crippen LogP) is 2.38. The lowest BCUT2D eigenvalue weighted by Crippen LogP contribution is -2.29. The normalized spacial score (nSPS) is 13.7. The van der Waals surface area contributed by atoms with Gasteiger partial charge in [-0.3, -0.25) is 9.59 Å². The molecule has 0 bridgehead atoms. The first-order valence-electron chi connectivity index (χ1n) is 6.99. The topological polar surface area (TPSA) is 63.4 Å². The smallest absolute Gasteiger partial charge is 0.266 e. The molecule has 0 aliphatic carbocycles. The summed E-state index contributed by atoms with van der Waals surface area (Å²) in [4.78, 5) is 26.1. The van der Waals surface area contributed by atoms with Crippen LogP contribution in [0, 0.1) is 0 Å². The zero-order chi connectivity index (χ0) is 14.8. The number of carbonyl (C=O) groups is 2. The second kappa shape index (κ2) is 5.50. The number of rotatable bonds is 4. The fourth-order valence-electron chi connectivity index (χ4n) is 2.58. The summed E-state index contributed by atoms with van der Waals surface area (Å²) in [6.45, 7) is 0.622. The Morgan fingerprint density at radius 1 is 0.905 bits per heavy atom. The molecule has 0 aromatic heterocycles. The van der Waals surface area contributed by atoms with Crippen LogP contribution in [-0.2, 0) is 6.42 Å². The van der Waals surface area contributed by atoms with Gasteiger partial charge >= 0.3 is 0 Å². The van der Waals surface area contributed by atoms with Gasteiger partial charge in [0.25, 0.3) is 11.8 Å². The molecule has 1 aliphatic heterocycles. The van der Waals surface area contributed by atoms with E-state index >= 15 is 0 Å². The number of nitrogens with zero attached hydrogens (tertiary/aromatic N) is 1. The molecule has 0 unspecified atom stereocenters. The van der Waals surface area contributed by atoms with E-state index in [4.69, 9.17) is 5.73 Å². The summed E-state index contributed by atoms with van der Waals surface area (Å²) in [5.74, 6) is -0.516. The van der Waals surface area contributed by atoms with Gasteiger partial charge < -0.3 is 5.73 Å². The molecular weight excluding hydrogens is 264 g/mol. The van der Waals surface area contributed by atoms with Crippen molar-refractivity contribution in [3.05, 3.63) is 65.2 Å². The van der Waals surface area contributed by atoms with Gasteiger partial charge in [-0.25, -0.2) is 4.90 Å². The maximum Gasteiger partial charge on any atom is 0.266 e. The van der Waals surface area contributed by atoms with Gasteiger partial charge in [0.05, 0.1) is 16.8 Å². The van der Waals surface area contributed by atoms with Crippen molar-refractivity contribution in [2.24, 2.45) is 5.73 Å². The van der Waals surface area contributed by atoms with Crippen molar-refractivity contribution in [2.75, 3.05) is 11.4 Å². The van der Waals surface area contributed by atoms with E-state index < -0.39 is 0 Å². The van der Waals surface area contributed by atoms with Crippen molar-refractivity contribution >= 4 is 17.5 Å². The fraction of sp³-hybridized carbons (Fsp3) is 0.176. The number of anilines is 1. The van der Waals surface area contributed by atoms with Crippen molar-refractivity contribution < 1.29 is 9.59 Å². The third-order valence-corrected chi connectivity index (χ3v) is 3.63. The highest BCUT2D eigenvalue weighted by molar-refractivity contribution is 6.34. The molecule has 2 N–H and O–H groups in total. The van der Waals surface area contributed by atoms with Crippen LogP contribution in [0.3, 0.4) is 0 Å². The van der Waals surface area contributed by atoms with Crippen LogP contribution in [0.2, 0.25) is 0 Å². The number of hydrogen-bond donors (Lipinski definition) is 1. The predicted molar refractivity (Wildman–Crippen MR) is 81.4 cm³/mol. The summed E-state index contributed by atoms with van der Waals surface area (Å²) in [6.07, 6.45) is 1.72. The molecule has 4 heteroatoms.